The van der Waals surface area contributed by atoms with Gasteiger partial charge < -0.3 is 4.74 Å². The molecule has 0 aromatic heterocycles. The molecular formula is C13H8FIO2. The predicted molar refractivity (Wildman–Crippen MR) is 70.5 cm³/mol. The molecule has 0 aliphatic rings. The summed E-state index contributed by atoms with van der Waals surface area (Å²) < 4.78 is 19.2. The number of esters is 1. The SMILES string of the molecule is O=C(Oc1ccc(I)cc1F)c1ccccc1. The second-order valence-corrected chi connectivity index (χ2v) is 4.58. The first-order valence-electron chi connectivity index (χ1n) is 4.89. The van der Waals surface area contributed by atoms with Crippen molar-refractivity contribution in [2.45, 2.75) is 0 Å². The number of carbonyl (C=O) groups excluding carboxylic acids is 1. The molecule has 86 valence electrons. The van der Waals surface area contributed by atoms with Gasteiger partial charge >= 0.3 is 5.97 Å². The zero-order chi connectivity index (χ0) is 12.3. The highest BCUT2D eigenvalue weighted by Gasteiger charge is 2.11. The van der Waals surface area contributed by atoms with Crippen LogP contribution in [0, 0.1) is 9.39 Å². The third kappa shape index (κ3) is 3.03. The minimum atomic E-state index is -0.564. The van der Waals surface area contributed by atoms with Gasteiger partial charge in [-0.15, -0.1) is 0 Å². The molecule has 2 aromatic carbocycles. The Morgan fingerprint density at radius 1 is 1.12 bits per heavy atom. The zero-order valence-electron chi connectivity index (χ0n) is 8.69. The van der Waals surface area contributed by atoms with Crippen LogP contribution in [-0.2, 0) is 0 Å². The van der Waals surface area contributed by atoms with Crippen molar-refractivity contribution in [1.29, 1.82) is 0 Å². The van der Waals surface area contributed by atoms with Crippen molar-refractivity contribution in [3.05, 3.63) is 63.5 Å². The van der Waals surface area contributed by atoms with Crippen LogP contribution in [-0.4, -0.2) is 5.97 Å². The fourth-order valence-corrected chi connectivity index (χ4v) is 1.74. The van der Waals surface area contributed by atoms with Gasteiger partial charge in [-0.2, -0.15) is 0 Å². The maximum atomic E-state index is 13.4. The van der Waals surface area contributed by atoms with E-state index in [4.69, 9.17) is 4.74 Å². The summed E-state index contributed by atoms with van der Waals surface area (Å²) in [5, 5.41) is 0. The van der Waals surface area contributed by atoms with Crippen molar-refractivity contribution in [2.75, 3.05) is 0 Å². The highest BCUT2D eigenvalue weighted by molar-refractivity contribution is 14.1. The third-order valence-electron chi connectivity index (χ3n) is 2.11. The lowest BCUT2D eigenvalue weighted by Crippen LogP contribution is -2.09. The van der Waals surface area contributed by atoms with E-state index in [1.54, 1.807) is 36.4 Å². The van der Waals surface area contributed by atoms with E-state index in [0.29, 0.717) is 5.56 Å². The van der Waals surface area contributed by atoms with Gasteiger partial charge in [0, 0.05) is 3.57 Å². The zero-order valence-corrected chi connectivity index (χ0v) is 10.8. The fourth-order valence-electron chi connectivity index (χ4n) is 1.29. The maximum Gasteiger partial charge on any atom is 0.343 e. The molecule has 0 radical (unpaired) electrons. The van der Waals surface area contributed by atoms with Gasteiger partial charge in [0.05, 0.1) is 5.56 Å². The topological polar surface area (TPSA) is 26.3 Å². The Hall–Kier alpha value is -1.43. The molecule has 0 bridgehead atoms. The molecule has 2 aromatic rings. The summed E-state index contributed by atoms with van der Waals surface area (Å²) in [6.07, 6.45) is 0. The average Bonchev–Trinajstić information content (AvgIpc) is 2.34. The number of ether oxygens (including phenoxy) is 1. The van der Waals surface area contributed by atoms with E-state index in [2.05, 4.69) is 0 Å². The van der Waals surface area contributed by atoms with E-state index in [1.165, 1.54) is 12.1 Å². The predicted octanol–water partition coefficient (Wildman–Crippen LogP) is 3.65. The standard InChI is InChI=1S/C13H8FIO2/c14-11-8-10(15)6-7-12(11)17-13(16)9-4-2-1-3-5-9/h1-8H. The Kier molecular flexibility index (Phi) is 3.73. The highest BCUT2D eigenvalue weighted by Crippen LogP contribution is 2.20. The van der Waals surface area contributed by atoms with Gasteiger partial charge in [0.25, 0.3) is 0 Å². The lowest BCUT2D eigenvalue weighted by Gasteiger charge is -2.05. The van der Waals surface area contributed by atoms with Crippen molar-refractivity contribution in [2.24, 2.45) is 0 Å². The Labute approximate surface area is 112 Å². The van der Waals surface area contributed by atoms with Crippen LogP contribution < -0.4 is 4.74 Å². The molecule has 0 aliphatic carbocycles. The van der Waals surface area contributed by atoms with E-state index < -0.39 is 11.8 Å². The molecule has 0 atom stereocenters. The molecule has 2 rings (SSSR count). The van der Waals surface area contributed by atoms with Crippen LogP contribution in [0.3, 0.4) is 0 Å². The first-order chi connectivity index (χ1) is 8.16. The summed E-state index contributed by atoms with van der Waals surface area (Å²) in [7, 11) is 0. The van der Waals surface area contributed by atoms with Crippen molar-refractivity contribution in [3.63, 3.8) is 0 Å². The smallest absolute Gasteiger partial charge is 0.343 e. The molecule has 17 heavy (non-hydrogen) atoms. The molecule has 0 saturated carbocycles. The fraction of sp³-hybridized carbons (Fsp3) is 0. The monoisotopic (exact) mass is 342 g/mol. The normalized spacial score (nSPS) is 10.0. The summed E-state index contributed by atoms with van der Waals surface area (Å²) in [5.74, 6) is -1.16. The molecule has 0 spiro atoms. The van der Waals surface area contributed by atoms with Crippen LogP contribution >= 0.6 is 22.6 Å². The van der Waals surface area contributed by atoms with E-state index in [0.717, 1.165) is 3.57 Å². The number of hydrogen-bond acceptors (Lipinski definition) is 2. The van der Waals surface area contributed by atoms with Gasteiger partial charge in [0.2, 0.25) is 0 Å². The largest absolute Gasteiger partial charge is 0.420 e. The molecule has 0 amide bonds. The summed E-state index contributed by atoms with van der Waals surface area (Å²) in [6, 6.07) is 12.9. The second kappa shape index (κ2) is 5.27. The number of benzene rings is 2. The maximum absolute atomic E-state index is 13.4. The second-order valence-electron chi connectivity index (χ2n) is 3.33. The van der Waals surface area contributed by atoms with Crippen LogP contribution in [0.5, 0.6) is 5.75 Å². The van der Waals surface area contributed by atoms with E-state index in [9.17, 15) is 9.18 Å². The Bertz CT molecular complexity index is 540. The van der Waals surface area contributed by atoms with Crippen molar-refractivity contribution in [1.82, 2.24) is 0 Å². The molecule has 0 N–H and O–H groups in total. The summed E-state index contributed by atoms with van der Waals surface area (Å²) >= 11 is 1.99. The highest BCUT2D eigenvalue weighted by atomic mass is 127. The molecule has 0 aliphatic heterocycles. The van der Waals surface area contributed by atoms with Crippen LogP contribution in [0.25, 0.3) is 0 Å². The molecule has 0 unspecified atom stereocenters. The summed E-state index contributed by atoms with van der Waals surface area (Å²) in [6.45, 7) is 0. The minimum absolute atomic E-state index is 0.0562. The van der Waals surface area contributed by atoms with Crippen molar-refractivity contribution < 1.29 is 13.9 Å². The van der Waals surface area contributed by atoms with Gasteiger partial charge in [-0.1, -0.05) is 18.2 Å². The van der Waals surface area contributed by atoms with Gasteiger partial charge in [-0.25, -0.2) is 9.18 Å². The lowest BCUT2D eigenvalue weighted by atomic mass is 10.2. The lowest BCUT2D eigenvalue weighted by molar-refractivity contribution is 0.0728. The first kappa shape index (κ1) is 12.0. The molecule has 0 saturated heterocycles. The van der Waals surface area contributed by atoms with Crippen LogP contribution in [0.1, 0.15) is 10.4 Å². The molecule has 4 heteroatoms. The van der Waals surface area contributed by atoms with E-state index in [1.807, 2.05) is 22.6 Å². The van der Waals surface area contributed by atoms with Crippen LogP contribution in [0.2, 0.25) is 0 Å². The number of halogens is 2. The van der Waals surface area contributed by atoms with Crippen LogP contribution in [0.15, 0.2) is 48.5 Å². The summed E-state index contributed by atoms with van der Waals surface area (Å²) in [5.41, 5.74) is 0.394. The molecule has 0 fully saturated rings. The van der Waals surface area contributed by atoms with Crippen LogP contribution in [0.4, 0.5) is 4.39 Å². The first-order valence-corrected chi connectivity index (χ1v) is 5.97. The third-order valence-corrected chi connectivity index (χ3v) is 2.78. The minimum Gasteiger partial charge on any atom is -0.420 e. The quantitative estimate of drug-likeness (QED) is 0.473. The Morgan fingerprint density at radius 3 is 2.47 bits per heavy atom. The summed E-state index contributed by atoms with van der Waals surface area (Å²) in [4.78, 5) is 11.7. The number of hydrogen-bond donors (Lipinski definition) is 0. The number of carbonyl (C=O) groups is 1. The van der Waals surface area contributed by atoms with Crippen molar-refractivity contribution >= 4 is 28.6 Å². The Morgan fingerprint density at radius 2 is 1.82 bits per heavy atom. The molecule has 0 heterocycles. The Balaban J connectivity index is 2.19. The van der Waals surface area contributed by atoms with Gasteiger partial charge in [0.15, 0.2) is 11.6 Å². The number of rotatable bonds is 2. The molecule has 2 nitrogen and oxygen atoms in total. The van der Waals surface area contributed by atoms with Gasteiger partial charge in [-0.3, -0.25) is 0 Å². The van der Waals surface area contributed by atoms with Gasteiger partial charge in [0.1, 0.15) is 0 Å². The molecular weight excluding hydrogens is 334 g/mol. The van der Waals surface area contributed by atoms with Gasteiger partial charge in [-0.05, 0) is 52.9 Å². The average molecular weight is 342 g/mol. The van der Waals surface area contributed by atoms with E-state index >= 15 is 0 Å². The van der Waals surface area contributed by atoms with E-state index in [-0.39, 0.29) is 5.75 Å². The van der Waals surface area contributed by atoms with Crippen molar-refractivity contribution in [3.8, 4) is 5.75 Å².